The zero-order valence-corrected chi connectivity index (χ0v) is 9.84. The van der Waals surface area contributed by atoms with E-state index in [4.69, 9.17) is 10.5 Å². The largest absolute Gasteiger partial charge is 0.451 e. The number of para-hydroxylation sites is 1. The monoisotopic (exact) mass is 247 g/mol. The van der Waals surface area contributed by atoms with Crippen molar-refractivity contribution in [3.63, 3.8) is 0 Å². The fraction of sp³-hybridized carbons (Fsp3) is 0.231. The zero-order chi connectivity index (χ0) is 12.8. The van der Waals surface area contributed by atoms with Crippen molar-refractivity contribution >= 4 is 0 Å². The maximum atomic E-state index is 13.3. The number of ether oxygens (including phenoxy) is 1. The summed E-state index contributed by atoms with van der Waals surface area (Å²) in [5.41, 5.74) is 5.40. The first-order valence-electron chi connectivity index (χ1n) is 5.73. The number of aromatic nitrogens is 2. The van der Waals surface area contributed by atoms with E-state index in [9.17, 15) is 4.39 Å². The molecule has 94 valence electrons. The second-order valence-corrected chi connectivity index (χ2v) is 3.76. The van der Waals surface area contributed by atoms with E-state index in [2.05, 4.69) is 9.97 Å². The van der Waals surface area contributed by atoms with Crippen LogP contribution >= 0.6 is 0 Å². The van der Waals surface area contributed by atoms with Crippen LogP contribution in [0, 0.1) is 5.82 Å². The summed E-state index contributed by atoms with van der Waals surface area (Å²) in [7, 11) is 0. The predicted molar refractivity (Wildman–Crippen MR) is 65.9 cm³/mol. The van der Waals surface area contributed by atoms with Crippen molar-refractivity contribution < 1.29 is 9.13 Å². The fourth-order valence-electron chi connectivity index (χ4n) is 1.44. The van der Waals surface area contributed by atoms with Gasteiger partial charge in [0.1, 0.15) is 5.82 Å². The summed E-state index contributed by atoms with van der Waals surface area (Å²) in [5, 5.41) is 0. The number of nitrogens with zero attached hydrogens (tertiary/aromatic N) is 2. The minimum Gasteiger partial charge on any atom is -0.451 e. The van der Waals surface area contributed by atoms with Gasteiger partial charge in [0.15, 0.2) is 17.3 Å². The molecule has 0 aliphatic rings. The van der Waals surface area contributed by atoms with Crippen LogP contribution in [0.2, 0.25) is 0 Å². The van der Waals surface area contributed by atoms with Crippen LogP contribution in [0.15, 0.2) is 36.7 Å². The Bertz CT molecular complexity index is 502. The van der Waals surface area contributed by atoms with Gasteiger partial charge in [-0.05, 0) is 25.1 Å². The topological polar surface area (TPSA) is 61.0 Å². The van der Waals surface area contributed by atoms with Crippen LogP contribution in [0.4, 0.5) is 4.39 Å². The molecule has 1 aromatic heterocycles. The highest BCUT2D eigenvalue weighted by Crippen LogP contribution is 2.22. The number of aryl methyl sites for hydroxylation is 1. The number of rotatable bonds is 5. The first-order valence-corrected chi connectivity index (χ1v) is 5.73. The molecule has 2 N–H and O–H groups in total. The molecule has 0 atom stereocenters. The average Bonchev–Trinajstić information content (AvgIpc) is 2.41. The smallest absolute Gasteiger partial charge is 0.165 e. The number of hydrogen-bond donors (Lipinski definition) is 1. The molecule has 0 aliphatic carbocycles. The summed E-state index contributed by atoms with van der Waals surface area (Å²) in [6, 6.07) is 6.20. The Kier molecular flexibility index (Phi) is 4.20. The van der Waals surface area contributed by atoms with Crippen LogP contribution in [0.1, 0.15) is 12.2 Å². The van der Waals surface area contributed by atoms with Gasteiger partial charge in [-0.15, -0.1) is 0 Å². The van der Waals surface area contributed by atoms with E-state index in [1.54, 1.807) is 18.2 Å². The fourth-order valence-corrected chi connectivity index (χ4v) is 1.44. The van der Waals surface area contributed by atoms with E-state index in [1.807, 2.05) is 0 Å². The highest BCUT2D eigenvalue weighted by Gasteiger charge is 2.04. The third kappa shape index (κ3) is 3.24. The number of hydrogen-bond acceptors (Lipinski definition) is 4. The van der Waals surface area contributed by atoms with Crippen LogP contribution in [-0.2, 0) is 6.42 Å². The van der Waals surface area contributed by atoms with Crippen LogP contribution in [-0.4, -0.2) is 16.5 Å². The van der Waals surface area contributed by atoms with Gasteiger partial charge in [0.25, 0.3) is 0 Å². The van der Waals surface area contributed by atoms with E-state index in [-0.39, 0.29) is 5.75 Å². The maximum absolute atomic E-state index is 13.3. The molecule has 5 heteroatoms. The molecule has 0 unspecified atom stereocenters. The molecule has 18 heavy (non-hydrogen) atoms. The minimum atomic E-state index is -0.412. The van der Waals surface area contributed by atoms with Gasteiger partial charge in [0, 0.05) is 6.42 Å². The third-order valence-electron chi connectivity index (χ3n) is 2.35. The van der Waals surface area contributed by atoms with E-state index in [1.165, 1.54) is 18.5 Å². The van der Waals surface area contributed by atoms with Gasteiger partial charge in [0.05, 0.1) is 12.4 Å². The molecule has 1 aromatic carbocycles. The van der Waals surface area contributed by atoms with Crippen molar-refractivity contribution in [3.8, 4) is 11.5 Å². The van der Waals surface area contributed by atoms with Gasteiger partial charge in [-0.1, -0.05) is 12.1 Å². The molecular formula is C13H14FN3O. The Morgan fingerprint density at radius 3 is 2.56 bits per heavy atom. The molecular weight excluding hydrogens is 233 g/mol. The van der Waals surface area contributed by atoms with Crippen molar-refractivity contribution in [3.05, 3.63) is 48.3 Å². The molecule has 0 bridgehead atoms. The van der Waals surface area contributed by atoms with Gasteiger partial charge < -0.3 is 10.5 Å². The van der Waals surface area contributed by atoms with E-state index < -0.39 is 5.82 Å². The normalized spacial score (nSPS) is 10.3. The Hall–Kier alpha value is -2.01. The highest BCUT2D eigenvalue weighted by molar-refractivity contribution is 5.29. The second-order valence-electron chi connectivity index (χ2n) is 3.76. The molecule has 0 fully saturated rings. The van der Waals surface area contributed by atoms with Crippen molar-refractivity contribution in [2.45, 2.75) is 12.8 Å². The van der Waals surface area contributed by atoms with Gasteiger partial charge in [-0.2, -0.15) is 0 Å². The lowest BCUT2D eigenvalue weighted by Crippen LogP contribution is -2.03. The standard InChI is InChI=1S/C13H14FN3O/c14-11-4-1-2-5-12(11)18-10-8-16-13(17-9-10)6-3-7-15/h1-2,4-5,8-9H,3,6-7,15H2. The lowest BCUT2D eigenvalue weighted by atomic mass is 10.3. The van der Waals surface area contributed by atoms with Crippen molar-refractivity contribution in [1.29, 1.82) is 0 Å². The first-order chi connectivity index (χ1) is 8.79. The van der Waals surface area contributed by atoms with Crippen LogP contribution < -0.4 is 10.5 Å². The quantitative estimate of drug-likeness (QED) is 0.880. The molecule has 2 aromatic rings. The molecule has 0 spiro atoms. The molecule has 0 saturated carbocycles. The predicted octanol–water partition coefficient (Wildman–Crippen LogP) is 2.30. The highest BCUT2D eigenvalue weighted by atomic mass is 19.1. The molecule has 0 amide bonds. The molecule has 4 nitrogen and oxygen atoms in total. The molecule has 0 aliphatic heterocycles. The molecule has 2 rings (SSSR count). The van der Waals surface area contributed by atoms with E-state index in [0.29, 0.717) is 18.1 Å². The van der Waals surface area contributed by atoms with Gasteiger partial charge in [-0.25, -0.2) is 14.4 Å². The second kappa shape index (κ2) is 6.07. The summed E-state index contributed by atoms with van der Waals surface area (Å²) in [4.78, 5) is 8.26. The Morgan fingerprint density at radius 1 is 1.17 bits per heavy atom. The maximum Gasteiger partial charge on any atom is 0.165 e. The number of benzene rings is 1. The summed E-state index contributed by atoms with van der Waals surface area (Å²) >= 11 is 0. The van der Waals surface area contributed by atoms with Crippen LogP contribution in [0.3, 0.4) is 0 Å². The number of nitrogens with two attached hydrogens (primary N) is 1. The average molecular weight is 247 g/mol. The van der Waals surface area contributed by atoms with Crippen LogP contribution in [0.25, 0.3) is 0 Å². The Morgan fingerprint density at radius 2 is 1.89 bits per heavy atom. The van der Waals surface area contributed by atoms with Crippen molar-refractivity contribution in [2.75, 3.05) is 6.54 Å². The van der Waals surface area contributed by atoms with Crippen molar-refractivity contribution in [1.82, 2.24) is 9.97 Å². The zero-order valence-electron chi connectivity index (χ0n) is 9.84. The Labute approximate surface area is 105 Å². The minimum absolute atomic E-state index is 0.163. The summed E-state index contributed by atoms with van der Waals surface area (Å²) in [5.74, 6) is 0.874. The van der Waals surface area contributed by atoms with Gasteiger partial charge in [0.2, 0.25) is 0 Å². The molecule has 1 heterocycles. The lowest BCUT2D eigenvalue weighted by Gasteiger charge is -2.06. The third-order valence-corrected chi connectivity index (χ3v) is 2.35. The van der Waals surface area contributed by atoms with Gasteiger partial charge in [-0.3, -0.25) is 0 Å². The van der Waals surface area contributed by atoms with Gasteiger partial charge >= 0.3 is 0 Å². The van der Waals surface area contributed by atoms with E-state index in [0.717, 1.165) is 12.8 Å². The Balaban J connectivity index is 2.04. The SMILES string of the molecule is NCCCc1ncc(Oc2ccccc2F)cn1. The summed E-state index contributed by atoms with van der Waals surface area (Å²) < 4.78 is 18.7. The summed E-state index contributed by atoms with van der Waals surface area (Å²) in [6.07, 6.45) is 4.64. The first kappa shape index (κ1) is 12.4. The number of halogens is 1. The van der Waals surface area contributed by atoms with Crippen LogP contribution in [0.5, 0.6) is 11.5 Å². The van der Waals surface area contributed by atoms with Crippen molar-refractivity contribution in [2.24, 2.45) is 5.73 Å². The molecule has 0 radical (unpaired) electrons. The lowest BCUT2D eigenvalue weighted by molar-refractivity contribution is 0.438. The summed E-state index contributed by atoms with van der Waals surface area (Å²) in [6.45, 7) is 0.608. The molecule has 0 saturated heterocycles. The van der Waals surface area contributed by atoms with E-state index >= 15 is 0 Å².